The molecule has 5 nitrogen and oxygen atoms in total. The molecule has 1 amide bonds. The number of hydrogen-bond acceptors (Lipinski definition) is 3. The highest BCUT2D eigenvalue weighted by atomic mass is 16.4. The summed E-state index contributed by atoms with van der Waals surface area (Å²) in [5, 5.41) is 12.4. The molecule has 2 aliphatic rings. The highest BCUT2D eigenvalue weighted by Crippen LogP contribution is 2.48. The number of rotatable bonds is 4. The minimum Gasteiger partial charge on any atom is -0.481 e. The van der Waals surface area contributed by atoms with Crippen molar-refractivity contribution in [3.63, 3.8) is 0 Å². The highest BCUT2D eigenvalue weighted by Gasteiger charge is 2.51. The van der Waals surface area contributed by atoms with Gasteiger partial charge in [0.1, 0.15) is 11.5 Å². The Kier molecular flexibility index (Phi) is 3.71. The number of carboxylic acids is 1. The van der Waals surface area contributed by atoms with Gasteiger partial charge in [0.05, 0.1) is 11.8 Å². The lowest BCUT2D eigenvalue weighted by molar-refractivity contribution is -0.146. The average molecular weight is 337 g/mol. The smallest absolute Gasteiger partial charge is 0.307 e. The first-order valence-electron chi connectivity index (χ1n) is 8.42. The molecule has 0 spiro atoms. The van der Waals surface area contributed by atoms with Crippen LogP contribution in [0.4, 0.5) is 5.69 Å². The molecule has 4 rings (SSSR count). The van der Waals surface area contributed by atoms with E-state index in [0.29, 0.717) is 5.69 Å². The second-order valence-corrected chi connectivity index (χ2v) is 6.82. The lowest BCUT2D eigenvalue weighted by Crippen LogP contribution is -2.36. The van der Waals surface area contributed by atoms with Crippen LogP contribution in [0.3, 0.4) is 0 Å². The molecule has 2 aromatic rings. The fourth-order valence-electron chi connectivity index (χ4n) is 4.08. The first kappa shape index (κ1) is 15.7. The van der Waals surface area contributed by atoms with Crippen molar-refractivity contribution in [2.45, 2.75) is 13.3 Å². The second-order valence-electron chi connectivity index (χ2n) is 6.82. The van der Waals surface area contributed by atoms with Crippen LogP contribution in [0.1, 0.15) is 12.2 Å². The van der Waals surface area contributed by atoms with Gasteiger partial charge < -0.3 is 14.8 Å². The first-order chi connectivity index (χ1) is 12.0. The standard InChI is InChI=1S/C20H19NO4/c1-11-5-8-16(25-11)12-3-2-4-15(10-12)21-19(22)17-13-6-7-14(9-13)18(17)20(23)24/h2-8,10,13-14,17-18H,9H2,1H3,(H,21,22)(H,23,24)/t13-,14-,17+,18-/m0/s1. The van der Waals surface area contributed by atoms with Crippen LogP contribution >= 0.6 is 0 Å². The zero-order chi connectivity index (χ0) is 17.6. The number of carboxylic acid groups (broad SMARTS) is 1. The van der Waals surface area contributed by atoms with E-state index in [2.05, 4.69) is 5.32 Å². The van der Waals surface area contributed by atoms with Crippen molar-refractivity contribution in [2.75, 3.05) is 5.32 Å². The Morgan fingerprint density at radius 1 is 1.12 bits per heavy atom. The number of carbonyl (C=O) groups excluding carboxylic acids is 1. The Bertz CT molecular complexity index is 866. The molecular formula is C20H19NO4. The zero-order valence-electron chi connectivity index (χ0n) is 13.8. The van der Waals surface area contributed by atoms with Crippen molar-refractivity contribution in [2.24, 2.45) is 23.7 Å². The summed E-state index contributed by atoms with van der Waals surface area (Å²) in [7, 11) is 0. The van der Waals surface area contributed by atoms with Crippen molar-refractivity contribution >= 4 is 17.6 Å². The molecule has 0 saturated heterocycles. The van der Waals surface area contributed by atoms with Gasteiger partial charge in [-0.25, -0.2) is 0 Å². The van der Waals surface area contributed by atoms with Crippen LogP contribution in [0.25, 0.3) is 11.3 Å². The van der Waals surface area contributed by atoms with E-state index in [1.54, 1.807) is 6.07 Å². The maximum Gasteiger partial charge on any atom is 0.307 e. The molecule has 4 atom stereocenters. The normalized spacial score (nSPS) is 26.8. The molecular weight excluding hydrogens is 318 g/mol. The van der Waals surface area contributed by atoms with Crippen molar-refractivity contribution in [1.29, 1.82) is 0 Å². The van der Waals surface area contributed by atoms with Crippen LogP contribution < -0.4 is 5.32 Å². The van der Waals surface area contributed by atoms with Crippen molar-refractivity contribution in [1.82, 2.24) is 0 Å². The quantitative estimate of drug-likeness (QED) is 0.834. The van der Waals surface area contributed by atoms with Crippen molar-refractivity contribution in [3.8, 4) is 11.3 Å². The molecule has 2 N–H and O–H groups in total. The number of furan rings is 1. The van der Waals surface area contributed by atoms with E-state index < -0.39 is 17.8 Å². The predicted octanol–water partition coefficient (Wildman–Crippen LogP) is 3.72. The average Bonchev–Trinajstić information content (AvgIpc) is 3.30. The van der Waals surface area contributed by atoms with Gasteiger partial charge in [-0.3, -0.25) is 9.59 Å². The van der Waals surface area contributed by atoms with E-state index in [1.807, 2.05) is 49.4 Å². The number of fused-ring (bicyclic) bond motifs is 2. The molecule has 0 unspecified atom stereocenters. The van der Waals surface area contributed by atoms with Gasteiger partial charge in [0.25, 0.3) is 0 Å². The Hall–Kier alpha value is -2.82. The third-order valence-corrected chi connectivity index (χ3v) is 5.20. The largest absolute Gasteiger partial charge is 0.481 e. The third kappa shape index (κ3) is 2.76. The highest BCUT2D eigenvalue weighted by molar-refractivity contribution is 5.96. The summed E-state index contributed by atoms with van der Waals surface area (Å²) in [5.74, 6) is -0.721. The fourth-order valence-corrected chi connectivity index (χ4v) is 4.08. The van der Waals surface area contributed by atoms with E-state index in [0.717, 1.165) is 23.5 Å². The molecule has 1 aromatic carbocycles. The molecule has 1 aromatic heterocycles. The van der Waals surface area contributed by atoms with E-state index in [4.69, 9.17) is 4.42 Å². The van der Waals surface area contributed by atoms with Gasteiger partial charge in [-0.1, -0.05) is 24.3 Å². The van der Waals surface area contributed by atoms with Crippen LogP contribution in [0.2, 0.25) is 0 Å². The predicted molar refractivity (Wildman–Crippen MR) is 92.9 cm³/mol. The molecule has 1 heterocycles. The molecule has 0 radical (unpaired) electrons. The van der Waals surface area contributed by atoms with E-state index in [1.165, 1.54) is 0 Å². The molecule has 25 heavy (non-hydrogen) atoms. The van der Waals surface area contributed by atoms with Crippen LogP contribution in [-0.2, 0) is 9.59 Å². The molecule has 1 saturated carbocycles. The van der Waals surface area contributed by atoms with Crippen LogP contribution in [0.15, 0.2) is 53.0 Å². The first-order valence-corrected chi connectivity index (χ1v) is 8.42. The van der Waals surface area contributed by atoms with Crippen molar-refractivity contribution < 1.29 is 19.1 Å². The molecule has 5 heteroatoms. The van der Waals surface area contributed by atoms with E-state index in [9.17, 15) is 14.7 Å². The fraction of sp³-hybridized carbons (Fsp3) is 0.300. The Morgan fingerprint density at radius 2 is 1.88 bits per heavy atom. The number of amides is 1. The molecule has 0 aliphatic heterocycles. The topological polar surface area (TPSA) is 79.5 Å². The monoisotopic (exact) mass is 337 g/mol. The minimum absolute atomic E-state index is 0.0157. The maximum absolute atomic E-state index is 12.7. The third-order valence-electron chi connectivity index (χ3n) is 5.20. The molecule has 2 aliphatic carbocycles. The summed E-state index contributed by atoms with van der Waals surface area (Å²) in [4.78, 5) is 24.3. The maximum atomic E-state index is 12.7. The van der Waals surface area contributed by atoms with Crippen LogP contribution in [0.5, 0.6) is 0 Å². The number of aliphatic carboxylic acids is 1. The van der Waals surface area contributed by atoms with Gasteiger partial charge in [-0.05, 0) is 49.4 Å². The lowest BCUT2D eigenvalue weighted by Gasteiger charge is -2.23. The summed E-state index contributed by atoms with van der Waals surface area (Å²) in [6.45, 7) is 1.88. The van der Waals surface area contributed by atoms with Crippen molar-refractivity contribution in [3.05, 3.63) is 54.3 Å². The second kappa shape index (κ2) is 5.92. The Balaban J connectivity index is 1.55. The number of hydrogen-bond donors (Lipinski definition) is 2. The summed E-state index contributed by atoms with van der Waals surface area (Å²) >= 11 is 0. The molecule has 2 bridgehead atoms. The Morgan fingerprint density at radius 3 is 2.56 bits per heavy atom. The lowest BCUT2D eigenvalue weighted by atomic mass is 9.82. The van der Waals surface area contributed by atoms with Gasteiger partial charge in [0.15, 0.2) is 0 Å². The summed E-state index contributed by atoms with van der Waals surface area (Å²) in [6.07, 6.45) is 4.67. The van der Waals surface area contributed by atoms with Gasteiger partial charge in [0, 0.05) is 11.3 Å². The molecule has 128 valence electrons. The summed E-state index contributed by atoms with van der Waals surface area (Å²) < 4.78 is 5.62. The minimum atomic E-state index is -0.892. The number of aryl methyl sites for hydroxylation is 1. The SMILES string of the molecule is Cc1ccc(-c2cccc(NC(=O)[C@H]3[C@@H](C(=O)O)[C@H]4C=C[C@H]3C4)c2)o1. The number of benzene rings is 1. The molecule has 1 fully saturated rings. The van der Waals surface area contributed by atoms with E-state index in [-0.39, 0.29) is 17.7 Å². The number of nitrogens with one attached hydrogen (secondary N) is 1. The van der Waals surface area contributed by atoms with E-state index >= 15 is 0 Å². The zero-order valence-corrected chi connectivity index (χ0v) is 13.8. The number of anilines is 1. The van der Waals surface area contributed by atoms with Gasteiger partial charge in [-0.2, -0.15) is 0 Å². The number of allylic oxidation sites excluding steroid dienone is 2. The van der Waals surface area contributed by atoms with Gasteiger partial charge in [-0.15, -0.1) is 0 Å². The summed E-state index contributed by atoms with van der Waals surface area (Å²) in [5.41, 5.74) is 1.51. The van der Waals surface area contributed by atoms with Crippen LogP contribution in [-0.4, -0.2) is 17.0 Å². The van der Waals surface area contributed by atoms with Gasteiger partial charge in [0.2, 0.25) is 5.91 Å². The Labute approximate surface area is 145 Å². The van der Waals surface area contributed by atoms with Crippen LogP contribution in [0, 0.1) is 30.6 Å². The summed E-state index contributed by atoms with van der Waals surface area (Å²) in [6, 6.07) is 11.2. The number of carbonyl (C=O) groups is 2. The van der Waals surface area contributed by atoms with Gasteiger partial charge >= 0.3 is 5.97 Å².